The van der Waals surface area contributed by atoms with Crippen LogP contribution in [0.2, 0.25) is 0 Å². The number of hydrogen-bond donors (Lipinski definition) is 3. The van der Waals surface area contributed by atoms with Crippen molar-refractivity contribution in [2.75, 3.05) is 6.61 Å². The van der Waals surface area contributed by atoms with E-state index in [0.717, 1.165) is 25.7 Å². The van der Waals surface area contributed by atoms with Gasteiger partial charge in [0.2, 0.25) is 0 Å². The van der Waals surface area contributed by atoms with E-state index in [4.69, 9.17) is 5.11 Å². The average Bonchev–Trinajstić information content (AvgIpc) is 2.27. The molecule has 4 nitrogen and oxygen atoms in total. The predicted molar refractivity (Wildman–Crippen MR) is 57.8 cm³/mol. The molecular weight excluding hydrogens is 194 g/mol. The monoisotopic (exact) mass is 215 g/mol. The Bertz CT molecular complexity index is 208. The van der Waals surface area contributed by atoms with Gasteiger partial charge < -0.3 is 10.2 Å². The van der Waals surface area contributed by atoms with E-state index in [9.17, 15) is 9.90 Å². The van der Waals surface area contributed by atoms with Crippen molar-refractivity contribution in [2.24, 2.45) is 0 Å². The fourth-order valence-corrected chi connectivity index (χ4v) is 2.24. The van der Waals surface area contributed by atoms with Crippen molar-refractivity contribution in [2.45, 2.75) is 57.0 Å². The van der Waals surface area contributed by atoms with Crippen molar-refractivity contribution in [1.29, 1.82) is 0 Å². The quantitative estimate of drug-likeness (QED) is 0.643. The van der Waals surface area contributed by atoms with Crippen LogP contribution in [0.5, 0.6) is 0 Å². The Kier molecular flexibility index (Phi) is 4.54. The maximum absolute atomic E-state index is 11.3. The number of aliphatic hydroxyl groups excluding tert-OH is 1. The van der Waals surface area contributed by atoms with Crippen LogP contribution in [-0.2, 0) is 4.79 Å². The van der Waals surface area contributed by atoms with Crippen molar-refractivity contribution < 1.29 is 15.0 Å². The van der Waals surface area contributed by atoms with Gasteiger partial charge in [0.15, 0.2) is 0 Å². The third-order valence-electron chi connectivity index (χ3n) is 3.31. The number of hydrogen-bond acceptors (Lipinski definition) is 3. The molecule has 1 aliphatic rings. The Morgan fingerprint density at radius 2 is 2.00 bits per heavy atom. The minimum atomic E-state index is -0.790. The molecule has 0 radical (unpaired) electrons. The van der Waals surface area contributed by atoms with Gasteiger partial charge in [-0.3, -0.25) is 10.1 Å². The molecule has 88 valence electrons. The highest BCUT2D eigenvalue weighted by atomic mass is 16.4. The molecule has 0 aliphatic heterocycles. The number of carboxylic acid groups (broad SMARTS) is 1. The van der Waals surface area contributed by atoms with Crippen LogP contribution in [0.3, 0.4) is 0 Å². The van der Waals surface area contributed by atoms with Crippen molar-refractivity contribution in [3.05, 3.63) is 0 Å². The largest absolute Gasteiger partial charge is 0.480 e. The lowest BCUT2D eigenvalue weighted by Gasteiger charge is -2.36. The molecule has 1 rings (SSSR count). The molecule has 1 aliphatic carbocycles. The van der Waals surface area contributed by atoms with Crippen LogP contribution in [0.15, 0.2) is 0 Å². The first-order chi connectivity index (χ1) is 7.14. The maximum atomic E-state index is 11.3. The van der Waals surface area contributed by atoms with Crippen LogP contribution < -0.4 is 5.32 Å². The molecule has 0 spiro atoms. The standard InChI is InChI=1S/C11H21NO3/c1-2-9(8-13)12-11(10(14)15)6-4-3-5-7-11/h9,12-13H,2-8H2,1H3,(H,14,15). The van der Waals surface area contributed by atoms with E-state index in [1.165, 1.54) is 0 Å². The lowest BCUT2D eigenvalue weighted by molar-refractivity contribution is -0.147. The van der Waals surface area contributed by atoms with Gasteiger partial charge in [0.05, 0.1) is 6.61 Å². The minimum Gasteiger partial charge on any atom is -0.480 e. The summed E-state index contributed by atoms with van der Waals surface area (Å²) in [6, 6.07) is -0.0980. The predicted octanol–water partition coefficient (Wildman–Crippen LogP) is 1.13. The number of carboxylic acids is 1. The summed E-state index contributed by atoms with van der Waals surface area (Å²) in [4.78, 5) is 11.3. The highest BCUT2D eigenvalue weighted by molar-refractivity contribution is 5.79. The van der Waals surface area contributed by atoms with Gasteiger partial charge in [-0.15, -0.1) is 0 Å². The van der Waals surface area contributed by atoms with Crippen molar-refractivity contribution in [3.8, 4) is 0 Å². The van der Waals surface area contributed by atoms with Crippen LogP contribution in [0.25, 0.3) is 0 Å². The van der Waals surface area contributed by atoms with Gasteiger partial charge in [0, 0.05) is 6.04 Å². The molecule has 3 N–H and O–H groups in total. The lowest BCUT2D eigenvalue weighted by Crippen LogP contribution is -2.57. The third kappa shape index (κ3) is 2.92. The Balaban J connectivity index is 2.67. The molecular formula is C11H21NO3. The van der Waals surface area contributed by atoms with E-state index in [1.807, 2.05) is 6.92 Å². The first-order valence-corrected chi connectivity index (χ1v) is 5.76. The summed E-state index contributed by atoms with van der Waals surface area (Å²) in [6.07, 6.45) is 5.15. The highest BCUT2D eigenvalue weighted by Gasteiger charge is 2.40. The first kappa shape index (κ1) is 12.5. The number of aliphatic hydroxyl groups is 1. The van der Waals surface area contributed by atoms with E-state index >= 15 is 0 Å². The zero-order valence-electron chi connectivity index (χ0n) is 9.33. The van der Waals surface area contributed by atoms with E-state index in [1.54, 1.807) is 0 Å². The van der Waals surface area contributed by atoms with E-state index in [0.29, 0.717) is 12.8 Å². The molecule has 0 aromatic carbocycles. The van der Waals surface area contributed by atoms with Crippen molar-refractivity contribution >= 4 is 5.97 Å². The topological polar surface area (TPSA) is 69.6 Å². The number of nitrogens with one attached hydrogen (secondary N) is 1. The second kappa shape index (κ2) is 5.47. The van der Waals surface area contributed by atoms with Crippen molar-refractivity contribution in [3.63, 3.8) is 0 Å². The Morgan fingerprint density at radius 1 is 1.40 bits per heavy atom. The van der Waals surface area contributed by atoms with Gasteiger partial charge in [-0.1, -0.05) is 26.2 Å². The molecule has 0 bridgehead atoms. The average molecular weight is 215 g/mol. The fourth-order valence-electron chi connectivity index (χ4n) is 2.24. The van der Waals surface area contributed by atoms with Crippen LogP contribution in [0.4, 0.5) is 0 Å². The Morgan fingerprint density at radius 3 is 2.40 bits per heavy atom. The molecule has 0 amide bonds. The van der Waals surface area contributed by atoms with E-state index in [2.05, 4.69) is 5.32 Å². The second-order valence-corrected chi connectivity index (χ2v) is 4.38. The number of rotatable bonds is 5. The van der Waals surface area contributed by atoms with Crippen LogP contribution in [0.1, 0.15) is 45.4 Å². The fraction of sp³-hybridized carbons (Fsp3) is 0.909. The molecule has 0 heterocycles. The van der Waals surface area contributed by atoms with Crippen LogP contribution in [-0.4, -0.2) is 34.4 Å². The Labute approximate surface area is 90.7 Å². The van der Waals surface area contributed by atoms with Gasteiger partial charge in [-0.25, -0.2) is 0 Å². The molecule has 1 unspecified atom stereocenters. The maximum Gasteiger partial charge on any atom is 0.323 e. The van der Waals surface area contributed by atoms with Gasteiger partial charge in [0.25, 0.3) is 0 Å². The molecule has 1 saturated carbocycles. The summed E-state index contributed by atoms with van der Waals surface area (Å²) < 4.78 is 0. The third-order valence-corrected chi connectivity index (χ3v) is 3.31. The van der Waals surface area contributed by atoms with Crippen molar-refractivity contribution in [1.82, 2.24) is 5.32 Å². The summed E-state index contributed by atoms with van der Waals surface area (Å²) in [5.74, 6) is -0.769. The van der Waals surface area contributed by atoms with Gasteiger partial charge in [-0.2, -0.15) is 0 Å². The van der Waals surface area contributed by atoms with Crippen LogP contribution in [0, 0.1) is 0 Å². The summed E-state index contributed by atoms with van der Waals surface area (Å²) in [5.41, 5.74) is -0.790. The molecule has 1 fully saturated rings. The zero-order chi connectivity index (χ0) is 11.3. The minimum absolute atomic E-state index is 0.00549. The van der Waals surface area contributed by atoms with Gasteiger partial charge >= 0.3 is 5.97 Å². The molecule has 0 aromatic rings. The second-order valence-electron chi connectivity index (χ2n) is 4.38. The number of aliphatic carboxylic acids is 1. The van der Waals surface area contributed by atoms with Gasteiger partial charge in [-0.05, 0) is 19.3 Å². The first-order valence-electron chi connectivity index (χ1n) is 5.76. The molecule has 1 atom stereocenters. The smallest absolute Gasteiger partial charge is 0.323 e. The summed E-state index contributed by atoms with van der Waals surface area (Å²) >= 11 is 0. The normalized spacial score (nSPS) is 22.3. The van der Waals surface area contributed by atoms with Crippen LogP contribution >= 0.6 is 0 Å². The van der Waals surface area contributed by atoms with Gasteiger partial charge in [0.1, 0.15) is 5.54 Å². The lowest BCUT2D eigenvalue weighted by atomic mass is 9.81. The summed E-state index contributed by atoms with van der Waals surface area (Å²) in [6.45, 7) is 1.96. The Hall–Kier alpha value is -0.610. The summed E-state index contributed by atoms with van der Waals surface area (Å²) in [5, 5.41) is 21.5. The molecule has 0 aromatic heterocycles. The highest BCUT2D eigenvalue weighted by Crippen LogP contribution is 2.29. The molecule has 15 heavy (non-hydrogen) atoms. The molecule has 0 saturated heterocycles. The molecule has 4 heteroatoms. The van der Waals surface area contributed by atoms with E-state index < -0.39 is 11.5 Å². The SMILES string of the molecule is CCC(CO)NC1(C(=O)O)CCCCC1. The zero-order valence-corrected chi connectivity index (χ0v) is 9.33. The van der Waals surface area contributed by atoms with E-state index in [-0.39, 0.29) is 12.6 Å². The number of carbonyl (C=O) groups is 1. The summed E-state index contributed by atoms with van der Waals surface area (Å²) in [7, 11) is 0.